The quantitative estimate of drug-likeness (QED) is 0.779. The van der Waals surface area contributed by atoms with Crippen LogP contribution in [0.2, 0.25) is 0 Å². The van der Waals surface area contributed by atoms with E-state index < -0.39 is 0 Å². The number of hydrogen-bond donors (Lipinski definition) is 2. The zero-order valence-electron chi connectivity index (χ0n) is 10.7. The summed E-state index contributed by atoms with van der Waals surface area (Å²) in [7, 11) is 0. The second-order valence-electron chi connectivity index (χ2n) is 4.30. The molecular formula is C13H12N4OS2. The topological polar surface area (TPSA) is 80.9 Å². The van der Waals surface area contributed by atoms with Gasteiger partial charge in [0.05, 0.1) is 17.7 Å². The molecule has 0 radical (unpaired) electrons. The number of carbonyl (C=O) groups excluding carboxylic acids is 1. The monoisotopic (exact) mass is 304 g/mol. The minimum absolute atomic E-state index is 0.168. The molecule has 0 aromatic carbocycles. The Morgan fingerprint density at radius 2 is 2.35 bits per heavy atom. The normalized spacial score (nSPS) is 10.8. The number of thiazole rings is 1. The number of thiophene rings is 1. The van der Waals surface area contributed by atoms with Gasteiger partial charge in [0.2, 0.25) is 0 Å². The SMILES string of the molecule is Cc1ccnc2sc(C(=O)NCc3cncs3)c(N)c12. The zero-order valence-corrected chi connectivity index (χ0v) is 12.3. The molecule has 3 N–H and O–H groups in total. The number of nitrogen functional groups attached to an aromatic ring is 1. The second-order valence-corrected chi connectivity index (χ2v) is 6.27. The van der Waals surface area contributed by atoms with Crippen molar-refractivity contribution in [2.75, 3.05) is 5.73 Å². The summed E-state index contributed by atoms with van der Waals surface area (Å²) in [5.74, 6) is -0.168. The van der Waals surface area contributed by atoms with Crippen LogP contribution in [0.25, 0.3) is 10.2 Å². The lowest BCUT2D eigenvalue weighted by Crippen LogP contribution is -2.22. The van der Waals surface area contributed by atoms with Crippen molar-refractivity contribution in [2.45, 2.75) is 13.5 Å². The molecule has 0 aliphatic rings. The van der Waals surface area contributed by atoms with Crippen molar-refractivity contribution in [3.63, 3.8) is 0 Å². The Balaban J connectivity index is 1.88. The largest absolute Gasteiger partial charge is 0.397 e. The molecule has 3 aromatic rings. The van der Waals surface area contributed by atoms with Gasteiger partial charge in [-0.25, -0.2) is 4.98 Å². The average Bonchev–Trinajstić information content (AvgIpc) is 3.05. The Bertz CT molecular complexity index is 764. The number of nitrogens with zero attached hydrogens (tertiary/aromatic N) is 2. The van der Waals surface area contributed by atoms with Gasteiger partial charge < -0.3 is 11.1 Å². The van der Waals surface area contributed by atoms with Crippen LogP contribution >= 0.6 is 22.7 Å². The van der Waals surface area contributed by atoms with Crippen LogP contribution in [0.3, 0.4) is 0 Å². The van der Waals surface area contributed by atoms with Crippen molar-refractivity contribution in [1.29, 1.82) is 0 Å². The van der Waals surface area contributed by atoms with Gasteiger partial charge >= 0.3 is 0 Å². The number of aromatic nitrogens is 2. The van der Waals surface area contributed by atoms with Crippen molar-refractivity contribution < 1.29 is 4.79 Å². The number of nitrogens with two attached hydrogens (primary N) is 1. The predicted molar refractivity (Wildman–Crippen MR) is 82.1 cm³/mol. The van der Waals surface area contributed by atoms with E-state index in [0.29, 0.717) is 17.1 Å². The van der Waals surface area contributed by atoms with Gasteiger partial charge in [0.25, 0.3) is 5.91 Å². The lowest BCUT2D eigenvalue weighted by atomic mass is 10.2. The molecule has 0 bridgehead atoms. The summed E-state index contributed by atoms with van der Waals surface area (Å²) in [5, 5.41) is 3.73. The predicted octanol–water partition coefficient (Wildman–Crippen LogP) is 2.57. The third-order valence-corrected chi connectivity index (χ3v) is 4.84. The number of anilines is 1. The molecule has 0 aliphatic carbocycles. The van der Waals surface area contributed by atoms with Gasteiger partial charge in [-0.15, -0.1) is 22.7 Å². The van der Waals surface area contributed by atoms with Crippen LogP contribution in [0, 0.1) is 6.92 Å². The minimum atomic E-state index is -0.168. The first-order valence-corrected chi connectivity index (χ1v) is 7.65. The van der Waals surface area contributed by atoms with Gasteiger partial charge in [0, 0.05) is 22.7 Å². The maximum Gasteiger partial charge on any atom is 0.263 e. The van der Waals surface area contributed by atoms with Gasteiger partial charge in [-0.05, 0) is 18.6 Å². The highest BCUT2D eigenvalue weighted by Crippen LogP contribution is 2.34. The van der Waals surface area contributed by atoms with Gasteiger partial charge in [0.1, 0.15) is 9.71 Å². The molecule has 0 saturated heterocycles. The van der Waals surface area contributed by atoms with Crippen LogP contribution < -0.4 is 11.1 Å². The lowest BCUT2D eigenvalue weighted by Gasteiger charge is -2.02. The van der Waals surface area contributed by atoms with E-state index in [1.54, 1.807) is 17.9 Å². The first-order valence-electron chi connectivity index (χ1n) is 5.96. The van der Waals surface area contributed by atoms with E-state index in [-0.39, 0.29) is 5.91 Å². The van der Waals surface area contributed by atoms with Crippen LogP contribution in [0.1, 0.15) is 20.1 Å². The molecule has 3 rings (SSSR count). The maximum absolute atomic E-state index is 12.2. The van der Waals surface area contributed by atoms with Crippen molar-refractivity contribution in [3.8, 4) is 0 Å². The number of amides is 1. The molecule has 0 spiro atoms. The summed E-state index contributed by atoms with van der Waals surface area (Å²) < 4.78 is 0. The molecule has 102 valence electrons. The first-order chi connectivity index (χ1) is 9.66. The number of nitrogens with one attached hydrogen (secondary N) is 1. The van der Waals surface area contributed by atoms with Crippen molar-refractivity contribution >= 4 is 44.5 Å². The summed E-state index contributed by atoms with van der Waals surface area (Å²) in [4.78, 5) is 22.8. The van der Waals surface area contributed by atoms with E-state index in [1.807, 2.05) is 13.0 Å². The van der Waals surface area contributed by atoms with Gasteiger partial charge in [-0.2, -0.15) is 0 Å². The molecule has 20 heavy (non-hydrogen) atoms. The molecular weight excluding hydrogens is 292 g/mol. The highest BCUT2D eigenvalue weighted by molar-refractivity contribution is 7.21. The molecule has 0 unspecified atom stereocenters. The highest BCUT2D eigenvalue weighted by atomic mass is 32.1. The van der Waals surface area contributed by atoms with Crippen molar-refractivity contribution in [3.05, 3.63) is 39.3 Å². The van der Waals surface area contributed by atoms with Crippen molar-refractivity contribution in [2.24, 2.45) is 0 Å². The number of rotatable bonds is 3. The molecule has 5 nitrogen and oxygen atoms in total. The van der Waals surface area contributed by atoms with Crippen LogP contribution in [0.15, 0.2) is 24.0 Å². The molecule has 3 aromatic heterocycles. The Labute approximate surface area is 123 Å². The third-order valence-electron chi connectivity index (χ3n) is 2.95. The molecule has 0 atom stereocenters. The molecule has 3 heterocycles. The summed E-state index contributed by atoms with van der Waals surface area (Å²) in [6, 6.07) is 1.89. The number of pyridine rings is 1. The third kappa shape index (κ3) is 2.25. The van der Waals surface area contributed by atoms with Crippen LogP contribution in [0.5, 0.6) is 0 Å². The number of aryl methyl sites for hydroxylation is 1. The number of fused-ring (bicyclic) bond motifs is 1. The van der Waals surface area contributed by atoms with E-state index in [2.05, 4.69) is 15.3 Å². The number of carbonyl (C=O) groups is 1. The first kappa shape index (κ1) is 13.0. The molecule has 0 fully saturated rings. The summed E-state index contributed by atoms with van der Waals surface area (Å²) >= 11 is 2.83. The molecule has 0 saturated carbocycles. The molecule has 0 aliphatic heterocycles. The maximum atomic E-state index is 12.2. The van der Waals surface area contributed by atoms with Crippen molar-refractivity contribution in [1.82, 2.24) is 15.3 Å². The fraction of sp³-hybridized carbons (Fsp3) is 0.154. The minimum Gasteiger partial charge on any atom is -0.397 e. The Kier molecular flexibility index (Phi) is 3.37. The Morgan fingerprint density at radius 1 is 1.50 bits per heavy atom. The fourth-order valence-electron chi connectivity index (χ4n) is 1.95. The summed E-state index contributed by atoms with van der Waals surface area (Å²) in [6.07, 6.45) is 3.47. The van der Waals surface area contributed by atoms with Crippen LogP contribution in [0.4, 0.5) is 5.69 Å². The van der Waals surface area contributed by atoms with Gasteiger partial charge in [-0.3, -0.25) is 9.78 Å². The smallest absolute Gasteiger partial charge is 0.263 e. The van der Waals surface area contributed by atoms with Crippen LogP contribution in [-0.4, -0.2) is 15.9 Å². The van der Waals surface area contributed by atoms with E-state index in [1.165, 1.54) is 22.7 Å². The second kappa shape index (κ2) is 5.18. The van der Waals surface area contributed by atoms with Crippen LogP contribution in [-0.2, 0) is 6.54 Å². The van der Waals surface area contributed by atoms with Gasteiger partial charge in [-0.1, -0.05) is 0 Å². The van der Waals surface area contributed by atoms with E-state index in [4.69, 9.17) is 5.73 Å². The zero-order chi connectivity index (χ0) is 14.1. The average molecular weight is 304 g/mol. The lowest BCUT2D eigenvalue weighted by molar-refractivity contribution is 0.0956. The summed E-state index contributed by atoms with van der Waals surface area (Å²) in [5.41, 5.74) is 9.37. The Morgan fingerprint density at radius 3 is 3.05 bits per heavy atom. The summed E-state index contributed by atoms with van der Waals surface area (Å²) in [6.45, 7) is 2.43. The fourth-order valence-corrected chi connectivity index (χ4v) is 3.54. The molecule has 1 amide bonds. The Hall–Kier alpha value is -1.99. The van der Waals surface area contributed by atoms with E-state index in [9.17, 15) is 4.79 Å². The highest BCUT2D eigenvalue weighted by Gasteiger charge is 2.18. The van der Waals surface area contributed by atoms with E-state index in [0.717, 1.165) is 20.7 Å². The standard InChI is InChI=1S/C13H12N4OS2/c1-7-2-3-16-13-9(7)10(14)11(20-13)12(18)17-5-8-4-15-6-19-8/h2-4,6H,5,14H2,1H3,(H,17,18). The number of hydrogen-bond acceptors (Lipinski definition) is 6. The molecule has 7 heteroatoms. The van der Waals surface area contributed by atoms with E-state index >= 15 is 0 Å². The van der Waals surface area contributed by atoms with Gasteiger partial charge in [0.15, 0.2) is 0 Å².